The first-order valence-corrected chi connectivity index (χ1v) is 5.55. The minimum Gasteiger partial charge on any atom is -0.358 e. The maximum atomic E-state index is 10.6. The topological polar surface area (TPSA) is 38.3 Å². The van der Waals surface area contributed by atoms with E-state index in [0.29, 0.717) is 6.54 Å². The molecule has 10 heavy (non-hydrogen) atoms. The van der Waals surface area contributed by atoms with Crippen molar-refractivity contribution in [1.29, 1.82) is 0 Å². The van der Waals surface area contributed by atoms with Crippen LogP contribution in [-0.4, -0.2) is 37.0 Å². The molecule has 0 radical (unpaired) electrons. The molecular formula is C6H13NO2S. The van der Waals surface area contributed by atoms with E-state index in [4.69, 9.17) is 4.74 Å². The van der Waals surface area contributed by atoms with E-state index in [1.807, 2.05) is 0 Å². The number of carbonyl (C=O) groups excluding carboxylic acids is 1. The maximum Gasteiger partial charge on any atom is 0.246 e. The number of morpholine rings is 1. The lowest BCUT2D eigenvalue weighted by Crippen LogP contribution is -2.42. The largest absolute Gasteiger partial charge is 0.358 e. The molecule has 60 valence electrons. The van der Waals surface area contributed by atoms with Gasteiger partial charge in [0.2, 0.25) is 5.91 Å². The molecule has 0 bridgehead atoms. The van der Waals surface area contributed by atoms with E-state index in [-0.39, 0.29) is 28.8 Å². The van der Waals surface area contributed by atoms with Gasteiger partial charge >= 0.3 is 0 Å². The van der Waals surface area contributed by atoms with Gasteiger partial charge < -0.3 is 10.1 Å². The molecule has 1 N–H and O–H groups in total. The molecule has 0 aliphatic carbocycles. The highest BCUT2D eigenvalue weighted by Gasteiger charge is 2.18. The van der Waals surface area contributed by atoms with Gasteiger partial charge in [0.05, 0.1) is 6.54 Å². The van der Waals surface area contributed by atoms with Gasteiger partial charge in [0, 0.05) is 0 Å². The first-order chi connectivity index (χ1) is 4.70. The van der Waals surface area contributed by atoms with E-state index in [2.05, 4.69) is 17.8 Å². The van der Waals surface area contributed by atoms with Crippen molar-refractivity contribution in [3.63, 3.8) is 0 Å². The molecule has 0 aromatic heterocycles. The fourth-order valence-electron chi connectivity index (χ4n) is 0.815. The molecular weight excluding hydrogens is 150 g/mol. The number of amides is 1. The SMILES string of the molecule is C[SH](C)C1CNC(=O)CO1. The summed E-state index contributed by atoms with van der Waals surface area (Å²) in [6.07, 6.45) is 4.30. The van der Waals surface area contributed by atoms with E-state index < -0.39 is 0 Å². The molecule has 1 heterocycles. The zero-order chi connectivity index (χ0) is 7.56. The number of hydrogen-bond acceptors (Lipinski definition) is 2. The second-order valence-electron chi connectivity index (χ2n) is 2.53. The van der Waals surface area contributed by atoms with Crippen LogP contribution in [0, 0.1) is 0 Å². The van der Waals surface area contributed by atoms with Gasteiger partial charge in [-0.1, -0.05) is 0 Å². The smallest absolute Gasteiger partial charge is 0.246 e. The second kappa shape index (κ2) is 3.25. The molecule has 1 amide bonds. The Balaban J connectivity index is 2.33. The van der Waals surface area contributed by atoms with Gasteiger partial charge in [-0.05, 0) is 12.5 Å². The normalized spacial score (nSPS) is 27.6. The van der Waals surface area contributed by atoms with Crippen LogP contribution in [0.2, 0.25) is 0 Å². The van der Waals surface area contributed by atoms with E-state index in [1.54, 1.807) is 0 Å². The van der Waals surface area contributed by atoms with Crippen molar-refractivity contribution < 1.29 is 9.53 Å². The fraction of sp³-hybridized carbons (Fsp3) is 0.833. The summed E-state index contributed by atoms with van der Waals surface area (Å²) in [6, 6.07) is 0. The maximum absolute atomic E-state index is 10.6. The summed E-state index contributed by atoms with van der Waals surface area (Å²) in [4.78, 5) is 10.6. The fourth-order valence-corrected chi connectivity index (χ4v) is 1.64. The lowest BCUT2D eigenvalue weighted by atomic mass is 10.5. The third kappa shape index (κ3) is 1.88. The Labute approximate surface area is 63.5 Å². The van der Waals surface area contributed by atoms with E-state index >= 15 is 0 Å². The summed E-state index contributed by atoms with van der Waals surface area (Å²) in [5.74, 6) is 0.00750. The summed E-state index contributed by atoms with van der Waals surface area (Å²) >= 11 is 0. The highest BCUT2D eigenvalue weighted by molar-refractivity contribution is 8.16. The van der Waals surface area contributed by atoms with Crippen LogP contribution in [0.3, 0.4) is 0 Å². The zero-order valence-electron chi connectivity index (χ0n) is 6.26. The number of nitrogens with one attached hydrogen (secondary N) is 1. The van der Waals surface area contributed by atoms with Crippen molar-refractivity contribution in [3.8, 4) is 0 Å². The molecule has 1 unspecified atom stereocenters. The number of hydrogen-bond donors (Lipinski definition) is 2. The third-order valence-electron chi connectivity index (χ3n) is 1.46. The van der Waals surface area contributed by atoms with Crippen LogP contribution in [0.5, 0.6) is 0 Å². The molecule has 1 atom stereocenters. The van der Waals surface area contributed by atoms with Gasteiger partial charge in [0.25, 0.3) is 0 Å². The summed E-state index contributed by atoms with van der Waals surface area (Å²) in [7, 11) is -0.0746. The molecule has 1 fully saturated rings. The third-order valence-corrected chi connectivity index (χ3v) is 2.94. The van der Waals surface area contributed by atoms with Crippen molar-refractivity contribution in [1.82, 2.24) is 5.32 Å². The van der Waals surface area contributed by atoms with Crippen molar-refractivity contribution in [2.24, 2.45) is 0 Å². The molecule has 4 heteroatoms. The minimum absolute atomic E-state index is 0.00750. The Bertz CT molecular complexity index is 128. The average Bonchev–Trinajstić information content (AvgIpc) is 1.88. The van der Waals surface area contributed by atoms with Crippen LogP contribution in [0.15, 0.2) is 0 Å². The monoisotopic (exact) mass is 163 g/mol. The molecule has 1 aliphatic rings. The quantitative estimate of drug-likeness (QED) is 0.522. The molecule has 0 aromatic carbocycles. The number of ether oxygens (including phenoxy) is 1. The summed E-state index contributed by atoms with van der Waals surface area (Å²) < 4.78 is 5.27. The van der Waals surface area contributed by atoms with Crippen molar-refractivity contribution in [3.05, 3.63) is 0 Å². The average molecular weight is 163 g/mol. The molecule has 0 saturated carbocycles. The molecule has 1 rings (SSSR count). The molecule has 3 nitrogen and oxygen atoms in total. The molecule has 1 saturated heterocycles. The van der Waals surface area contributed by atoms with Crippen LogP contribution >= 0.6 is 10.9 Å². The van der Waals surface area contributed by atoms with Crippen LogP contribution in [-0.2, 0) is 9.53 Å². The van der Waals surface area contributed by atoms with E-state index in [9.17, 15) is 4.79 Å². The second-order valence-corrected chi connectivity index (χ2v) is 5.04. The van der Waals surface area contributed by atoms with Crippen LogP contribution in [0.1, 0.15) is 0 Å². The molecule has 0 aromatic rings. The van der Waals surface area contributed by atoms with Crippen LogP contribution < -0.4 is 5.32 Å². The summed E-state index contributed by atoms with van der Waals surface area (Å²) in [5.41, 5.74) is 0.271. The lowest BCUT2D eigenvalue weighted by Gasteiger charge is -2.28. The van der Waals surface area contributed by atoms with E-state index in [0.717, 1.165) is 0 Å². The van der Waals surface area contributed by atoms with Gasteiger partial charge in [0.15, 0.2) is 0 Å². The Morgan fingerprint density at radius 2 is 2.40 bits per heavy atom. The van der Waals surface area contributed by atoms with Gasteiger partial charge in [-0.3, -0.25) is 4.79 Å². The first-order valence-electron chi connectivity index (χ1n) is 3.25. The summed E-state index contributed by atoms with van der Waals surface area (Å²) in [5, 5.41) is 2.77. The number of thiol groups is 1. The van der Waals surface area contributed by atoms with Crippen molar-refractivity contribution in [2.45, 2.75) is 5.44 Å². The minimum atomic E-state index is -0.0746. The van der Waals surface area contributed by atoms with Crippen molar-refractivity contribution >= 4 is 16.8 Å². The summed E-state index contributed by atoms with van der Waals surface area (Å²) in [6.45, 7) is 0.933. The van der Waals surface area contributed by atoms with E-state index in [1.165, 1.54) is 0 Å². The Morgan fingerprint density at radius 1 is 1.70 bits per heavy atom. The number of carbonyl (C=O) groups is 1. The highest BCUT2D eigenvalue weighted by atomic mass is 32.2. The highest BCUT2D eigenvalue weighted by Crippen LogP contribution is 2.23. The first kappa shape index (κ1) is 7.88. The Hall–Kier alpha value is -0.220. The van der Waals surface area contributed by atoms with Crippen molar-refractivity contribution in [2.75, 3.05) is 25.7 Å². The Morgan fingerprint density at radius 3 is 2.80 bits per heavy atom. The molecule has 0 spiro atoms. The number of rotatable bonds is 1. The Kier molecular flexibility index (Phi) is 2.56. The lowest BCUT2D eigenvalue weighted by molar-refractivity contribution is -0.130. The predicted molar refractivity (Wildman–Crippen MR) is 43.6 cm³/mol. The predicted octanol–water partition coefficient (Wildman–Crippen LogP) is -0.280. The van der Waals surface area contributed by atoms with Crippen LogP contribution in [0.25, 0.3) is 0 Å². The van der Waals surface area contributed by atoms with Gasteiger partial charge in [0.1, 0.15) is 12.0 Å². The standard InChI is InChI=1S/C6H13NO2S/c1-10(2)6-3-7-5(8)4-9-6/h6,10H,3-4H2,1-2H3,(H,7,8). The molecule has 1 aliphatic heterocycles. The van der Waals surface area contributed by atoms with Gasteiger partial charge in [-0.2, -0.15) is 0 Å². The van der Waals surface area contributed by atoms with Crippen LogP contribution in [0.4, 0.5) is 0 Å². The van der Waals surface area contributed by atoms with Gasteiger partial charge in [-0.25, -0.2) is 10.9 Å². The zero-order valence-corrected chi connectivity index (χ0v) is 7.15. The van der Waals surface area contributed by atoms with Gasteiger partial charge in [-0.15, -0.1) is 0 Å².